The van der Waals surface area contributed by atoms with E-state index in [1.807, 2.05) is 47.5 Å². The number of hydrogen-bond donors (Lipinski definition) is 1. The molecule has 0 aliphatic carbocycles. The molecular weight excluding hydrogens is 517 g/mol. The third-order valence-electron chi connectivity index (χ3n) is 6.42. The van der Waals surface area contributed by atoms with E-state index in [1.165, 1.54) is 24.6 Å². The third kappa shape index (κ3) is 5.24. The first-order valence-electron chi connectivity index (χ1n) is 11.8. The second-order valence-electron chi connectivity index (χ2n) is 8.95. The second-order valence-corrected chi connectivity index (χ2v) is 11.4. The van der Waals surface area contributed by atoms with Crippen LogP contribution < -0.4 is 4.72 Å². The molecule has 1 aliphatic rings. The summed E-state index contributed by atoms with van der Waals surface area (Å²) in [5.74, 6) is 0.100. The van der Waals surface area contributed by atoms with Gasteiger partial charge in [0.15, 0.2) is 0 Å². The highest BCUT2D eigenvalue weighted by atomic mass is 35.5. The fourth-order valence-electron chi connectivity index (χ4n) is 4.49. The maximum Gasteiger partial charge on any atom is 0.261 e. The van der Waals surface area contributed by atoms with E-state index in [4.69, 9.17) is 23.2 Å². The lowest BCUT2D eigenvalue weighted by Gasteiger charge is -2.26. The summed E-state index contributed by atoms with van der Waals surface area (Å²) in [7, 11) is -3.81. The number of fused-ring (bicyclic) bond motifs is 1. The van der Waals surface area contributed by atoms with Crippen LogP contribution in [0.3, 0.4) is 0 Å². The van der Waals surface area contributed by atoms with Crippen molar-refractivity contribution in [3.05, 3.63) is 94.1 Å². The van der Waals surface area contributed by atoms with Gasteiger partial charge in [-0.1, -0.05) is 35.3 Å². The molecule has 1 aliphatic heterocycles. The summed E-state index contributed by atoms with van der Waals surface area (Å²) in [5, 5.41) is 1.37. The number of nitrogens with one attached hydrogen (secondary N) is 1. The molecule has 0 atom stereocenters. The number of sulfonamides is 1. The van der Waals surface area contributed by atoms with Gasteiger partial charge in [-0.2, -0.15) is 0 Å². The number of nitrogens with zero attached hydrogens (tertiary/aromatic N) is 2. The summed E-state index contributed by atoms with van der Waals surface area (Å²) in [5.41, 5.74) is 3.22. The number of amides is 1. The molecule has 186 valence electrons. The van der Waals surface area contributed by atoms with Crippen molar-refractivity contribution in [2.24, 2.45) is 0 Å². The summed E-state index contributed by atoms with van der Waals surface area (Å²) < 4.78 is 30.3. The van der Waals surface area contributed by atoms with Crippen LogP contribution in [0.25, 0.3) is 10.9 Å². The molecule has 1 amide bonds. The first kappa shape index (κ1) is 24.7. The molecule has 1 aromatic heterocycles. The van der Waals surface area contributed by atoms with Crippen molar-refractivity contribution in [2.75, 3.05) is 17.8 Å². The van der Waals surface area contributed by atoms with E-state index in [2.05, 4.69) is 9.29 Å². The molecule has 2 heterocycles. The maximum atomic E-state index is 12.8. The van der Waals surface area contributed by atoms with Crippen LogP contribution in [-0.2, 0) is 16.6 Å². The Morgan fingerprint density at radius 2 is 1.61 bits per heavy atom. The maximum absolute atomic E-state index is 12.8. The summed E-state index contributed by atoms with van der Waals surface area (Å²) in [6.45, 7) is 2.30. The Labute approximate surface area is 220 Å². The predicted molar refractivity (Wildman–Crippen MR) is 145 cm³/mol. The van der Waals surface area contributed by atoms with Crippen LogP contribution in [0, 0.1) is 0 Å². The Hall–Kier alpha value is -3.00. The van der Waals surface area contributed by atoms with Gasteiger partial charge in [0.1, 0.15) is 0 Å². The summed E-state index contributed by atoms with van der Waals surface area (Å²) >= 11 is 11.9. The van der Waals surface area contributed by atoms with Crippen molar-refractivity contribution in [3.63, 3.8) is 0 Å². The van der Waals surface area contributed by atoms with Crippen molar-refractivity contribution < 1.29 is 13.2 Å². The predicted octanol–water partition coefficient (Wildman–Crippen LogP) is 6.42. The number of benzene rings is 3. The molecule has 0 spiro atoms. The minimum absolute atomic E-state index is 0.0387. The van der Waals surface area contributed by atoms with E-state index in [0.717, 1.165) is 48.0 Å². The summed E-state index contributed by atoms with van der Waals surface area (Å²) in [6.07, 6.45) is 5.30. The first-order valence-corrected chi connectivity index (χ1v) is 14.0. The Morgan fingerprint density at radius 3 is 2.33 bits per heavy atom. The van der Waals surface area contributed by atoms with Crippen LogP contribution in [0.2, 0.25) is 10.0 Å². The van der Waals surface area contributed by atoms with Gasteiger partial charge in [0, 0.05) is 48.0 Å². The average Bonchev–Trinajstić information content (AvgIpc) is 3.27. The zero-order chi connectivity index (χ0) is 25.3. The normalized spacial score (nSPS) is 14.2. The van der Waals surface area contributed by atoms with Gasteiger partial charge in [-0.25, -0.2) is 8.42 Å². The smallest absolute Gasteiger partial charge is 0.261 e. The number of anilines is 1. The molecular formula is C27H25Cl2N3O3S. The first-order chi connectivity index (χ1) is 17.3. The van der Waals surface area contributed by atoms with E-state index in [9.17, 15) is 13.2 Å². The molecule has 0 unspecified atom stereocenters. The van der Waals surface area contributed by atoms with Gasteiger partial charge in [-0.15, -0.1) is 0 Å². The van der Waals surface area contributed by atoms with Gasteiger partial charge >= 0.3 is 0 Å². The quantitative estimate of drug-likeness (QED) is 0.306. The lowest BCUT2D eigenvalue weighted by atomic mass is 10.1. The van der Waals surface area contributed by atoms with Gasteiger partial charge in [0.25, 0.3) is 15.9 Å². The number of aromatic nitrogens is 1. The van der Waals surface area contributed by atoms with Crippen LogP contribution in [0.1, 0.15) is 35.2 Å². The average molecular weight is 542 g/mol. The van der Waals surface area contributed by atoms with Crippen molar-refractivity contribution in [1.82, 2.24) is 9.47 Å². The molecule has 6 nitrogen and oxygen atoms in total. The molecule has 0 bridgehead atoms. The highest BCUT2D eigenvalue weighted by Gasteiger charge is 2.18. The number of rotatable bonds is 6. The third-order valence-corrected chi connectivity index (χ3v) is 8.54. The molecule has 1 saturated heterocycles. The Balaban J connectivity index is 1.30. The van der Waals surface area contributed by atoms with Crippen molar-refractivity contribution in [3.8, 4) is 0 Å². The lowest BCUT2D eigenvalue weighted by Crippen LogP contribution is -2.35. The molecule has 36 heavy (non-hydrogen) atoms. The minimum atomic E-state index is -3.81. The van der Waals surface area contributed by atoms with E-state index in [-0.39, 0.29) is 15.8 Å². The van der Waals surface area contributed by atoms with E-state index < -0.39 is 10.0 Å². The number of likely N-dealkylation sites (tertiary alicyclic amines) is 1. The fourth-order valence-corrected chi connectivity index (χ4v) is 5.93. The molecule has 3 aromatic carbocycles. The van der Waals surface area contributed by atoms with Gasteiger partial charge in [0.05, 0.1) is 14.9 Å². The molecule has 1 fully saturated rings. The van der Waals surface area contributed by atoms with Gasteiger partial charge < -0.3 is 9.47 Å². The number of carbonyl (C=O) groups is 1. The highest BCUT2D eigenvalue weighted by molar-refractivity contribution is 7.92. The van der Waals surface area contributed by atoms with Crippen molar-refractivity contribution in [1.29, 1.82) is 0 Å². The summed E-state index contributed by atoms with van der Waals surface area (Å²) in [4.78, 5) is 14.7. The number of carbonyl (C=O) groups excluding carboxylic acids is 1. The Morgan fingerprint density at radius 1 is 0.861 bits per heavy atom. The van der Waals surface area contributed by atoms with Crippen molar-refractivity contribution >= 4 is 55.7 Å². The molecule has 0 saturated carbocycles. The van der Waals surface area contributed by atoms with Gasteiger partial charge in [0.2, 0.25) is 0 Å². The van der Waals surface area contributed by atoms with Gasteiger partial charge in [-0.05, 0) is 79.4 Å². The summed E-state index contributed by atoms with van der Waals surface area (Å²) in [6, 6.07) is 19.3. The van der Waals surface area contributed by atoms with Crippen LogP contribution >= 0.6 is 23.2 Å². The minimum Gasteiger partial charge on any atom is -0.343 e. The molecule has 5 rings (SSSR count). The topological polar surface area (TPSA) is 71.4 Å². The molecule has 4 aromatic rings. The number of piperidine rings is 1. The standard InChI is InChI=1S/C27H25Cl2N3O3S/c28-24-10-9-23(17-25(24)29)36(34,35)30-22-8-11-26-21(16-22)12-15-32(26)18-19-4-6-20(7-5-19)27(33)31-13-2-1-3-14-31/h4-12,15-17,30H,1-3,13-14,18H2. The largest absolute Gasteiger partial charge is 0.343 e. The van der Waals surface area contributed by atoms with E-state index in [0.29, 0.717) is 17.3 Å². The van der Waals surface area contributed by atoms with Gasteiger partial charge in [-0.3, -0.25) is 9.52 Å². The fraction of sp³-hybridized carbons (Fsp3) is 0.222. The van der Waals surface area contributed by atoms with Crippen LogP contribution in [0.4, 0.5) is 5.69 Å². The molecule has 9 heteroatoms. The van der Waals surface area contributed by atoms with Crippen molar-refractivity contribution in [2.45, 2.75) is 30.7 Å². The Kier molecular flexibility index (Phi) is 6.97. The zero-order valence-electron chi connectivity index (χ0n) is 19.5. The number of halogens is 2. The van der Waals surface area contributed by atoms with Crippen LogP contribution in [-0.4, -0.2) is 36.9 Å². The van der Waals surface area contributed by atoms with E-state index >= 15 is 0 Å². The Bertz CT molecular complexity index is 1530. The number of hydrogen-bond acceptors (Lipinski definition) is 3. The van der Waals surface area contributed by atoms with E-state index in [1.54, 1.807) is 12.1 Å². The molecule has 1 N–H and O–H groups in total. The lowest BCUT2D eigenvalue weighted by molar-refractivity contribution is 0.0724. The van der Waals surface area contributed by atoms with Crippen LogP contribution in [0.5, 0.6) is 0 Å². The molecule has 0 radical (unpaired) electrons. The monoisotopic (exact) mass is 541 g/mol. The highest BCUT2D eigenvalue weighted by Crippen LogP contribution is 2.27. The zero-order valence-corrected chi connectivity index (χ0v) is 21.8. The SMILES string of the molecule is O=C(c1ccc(Cn2ccc3cc(NS(=O)(=O)c4ccc(Cl)c(Cl)c4)ccc32)cc1)N1CCCCC1. The second kappa shape index (κ2) is 10.2. The van der Waals surface area contributed by atoms with Crippen LogP contribution in [0.15, 0.2) is 77.8 Å².